The lowest BCUT2D eigenvalue weighted by atomic mass is 9.77. The van der Waals surface area contributed by atoms with Crippen molar-refractivity contribution in [3.05, 3.63) is 42.2 Å². The summed E-state index contributed by atoms with van der Waals surface area (Å²) < 4.78 is 0. The van der Waals surface area contributed by atoms with Gasteiger partial charge in [-0.05, 0) is 81.6 Å². The van der Waals surface area contributed by atoms with Crippen LogP contribution in [0.15, 0.2) is 36.7 Å². The number of benzene rings is 1. The Morgan fingerprint density at radius 1 is 0.943 bits per heavy atom. The lowest BCUT2D eigenvalue weighted by molar-refractivity contribution is -0.123. The van der Waals surface area contributed by atoms with Gasteiger partial charge in [0, 0.05) is 61.5 Å². The molecule has 2 unspecified atom stereocenters. The summed E-state index contributed by atoms with van der Waals surface area (Å²) in [6, 6.07) is 10.6. The molecule has 2 saturated heterocycles. The monoisotopic (exact) mass is 492 g/mol. The summed E-state index contributed by atoms with van der Waals surface area (Å²) >= 11 is 4.21. The van der Waals surface area contributed by atoms with Crippen molar-refractivity contribution in [3.8, 4) is 11.1 Å². The van der Waals surface area contributed by atoms with Crippen molar-refractivity contribution in [3.63, 3.8) is 0 Å². The number of Topliss-reactive ketones (excluding diaryl/α,β-unsaturated/α-hetero) is 1. The molecule has 1 aliphatic carbocycles. The Bertz CT molecular complexity index is 971. The summed E-state index contributed by atoms with van der Waals surface area (Å²) in [5, 5.41) is 0. The molecule has 35 heavy (non-hydrogen) atoms. The number of aromatic nitrogens is 2. The Balaban J connectivity index is 1.17. The molecule has 188 valence electrons. The van der Waals surface area contributed by atoms with Crippen molar-refractivity contribution in [2.75, 3.05) is 23.7 Å². The predicted octanol–water partition coefficient (Wildman–Crippen LogP) is 5.44. The Morgan fingerprint density at radius 2 is 1.57 bits per heavy atom. The van der Waals surface area contributed by atoms with Crippen molar-refractivity contribution >= 4 is 24.4 Å². The van der Waals surface area contributed by atoms with E-state index in [0.29, 0.717) is 42.0 Å². The van der Waals surface area contributed by atoms with Gasteiger partial charge in [-0.1, -0.05) is 24.3 Å². The number of ketones is 1. The van der Waals surface area contributed by atoms with Crippen molar-refractivity contribution in [2.45, 2.75) is 83.3 Å². The highest BCUT2D eigenvalue weighted by molar-refractivity contribution is 7.80. The van der Waals surface area contributed by atoms with Gasteiger partial charge in [-0.3, -0.25) is 9.69 Å². The molecule has 2 bridgehead atoms. The minimum atomic E-state index is 0.276. The summed E-state index contributed by atoms with van der Waals surface area (Å²) in [4.78, 5) is 26.8. The third kappa shape index (κ3) is 5.59. The Morgan fingerprint density at radius 3 is 2.14 bits per heavy atom. The molecule has 0 radical (unpaired) electrons. The fraction of sp³-hybridized carbons (Fsp3) is 0.621. The van der Waals surface area contributed by atoms with Gasteiger partial charge in [0.15, 0.2) is 0 Å². The van der Waals surface area contributed by atoms with Crippen molar-refractivity contribution in [2.24, 2.45) is 11.8 Å². The Hall–Kier alpha value is -1.92. The van der Waals surface area contributed by atoms with E-state index in [9.17, 15) is 4.79 Å². The largest absolute Gasteiger partial charge is 0.332 e. The number of anilines is 1. The standard InChI is InChI=1S/C29H40N4OS/c1-20(2)32-18-26-11-12-27(19-32)33(26)29-30-16-25(17-31-29)23-7-3-21(4-8-23)15-22-5-9-24(10-6-22)28(34)13-14-35/h3-4,7-8,16-17,20,22,24,26-27,35H,5-6,9-15,18-19H2,1-2H3/t22-,24-,26?,27?. The number of nitrogens with zero attached hydrogens (tertiary/aromatic N) is 4. The summed E-state index contributed by atoms with van der Waals surface area (Å²) in [6.07, 6.45) is 12.6. The fourth-order valence-electron chi connectivity index (χ4n) is 6.46. The number of carbonyl (C=O) groups excluding carboxylic acids is 1. The maximum absolute atomic E-state index is 12.2. The third-order valence-corrected chi connectivity index (χ3v) is 8.81. The van der Waals surface area contributed by atoms with Gasteiger partial charge in [0.2, 0.25) is 5.95 Å². The first-order chi connectivity index (χ1) is 17.0. The lowest BCUT2D eigenvalue weighted by Gasteiger charge is -2.42. The van der Waals surface area contributed by atoms with Gasteiger partial charge >= 0.3 is 0 Å². The van der Waals surface area contributed by atoms with Gasteiger partial charge in [0.1, 0.15) is 5.78 Å². The predicted molar refractivity (Wildman–Crippen MR) is 146 cm³/mol. The third-order valence-electron chi connectivity index (χ3n) is 8.58. The fourth-order valence-corrected chi connectivity index (χ4v) is 6.68. The summed E-state index contributed by atoms with van der Waals surface area (Å²) in [5.41, 5.74) is 3.64. The van der Waals surface area contributed by atoms with Crippen LogP contribution in [0.4, 0.5) is 5.95 Å². The molecule has 2 aliphatic heterocycles. The van der Waals surface area contributed by atoms with Gasteiger partial charge in [-0.25, -0.2) is 9.97 Å². The molecular formula is C29H40N4OS. The zero-order valence-corrected chi connectivity index (χ0v) is 22.2. The van der Waals surface area contributed by atoms with Gasteiger partial charge in [-0.2, -0.15) is 12.6 Å². The first-order valence-electron chi connectivity index (χ1n) is 13.6. The maximum atomic E-state index is 12.2. The van der Waals surface area contributed by atoms with Crippen LogP contribution in [-0.2, 0) is 11.2 Å². The average Bonchev–Trinajstić information content (AvgIpc) is 3.14. The quantitative estimate of drug-likeness (QED) is 0.497. The van der Waals surface area contributed by atoms with Crippen LogP contribution in [0.3, 0.4) is 0 Å². The molecule has 0 amide bonds. The van der Waals surface area contributed by atoms with Crippen LogP contribution in [0.1, 0.15) is 64.4 Å². The van der Waals surface area contributed by atoms with Crippen LogP contribution >= 0.6 is 12.6 Å². The van der Waals surface area contributed by atoms with E-state index in [-0.39, 0.29) is 5.92 Å². The van der Waals surface area contributed by atoms with Gasteiger partial charge in [0.05, 0.1) is 0 Å². The highest BCUT2D eigenvalue weighted by atomic mass is 32.1. The molecule has 0 N–H and O–H groups in total. The molecule has 1 saturated carbocycles. The van der Waals surface area contributed by atoms with Crippen LogP contribution in [0.25, 0.3) is 11.1 Å². The topological polar surface area (TPSA) is 49.3 Å². The number of likely N-dealkylation sites (tertiary alicyclic amines) is 1. The molecule has 1 aromatic heterocycles. The van der Waals surface area contributed by atoms with E-state index >= 15 is 0 Å². The van der Waals surface area contributed by atoms with Gasteiger partial charge < -0.3 is 4.90 Å². The number of carbonyl (C=O) groups is 1. The summed E-state index contributed by atoms with van der Waals surface area (Å²) in [5.74, 6) is 2.95. The highest BCUT2D eigenvalue weighted by Crippen LogP contribution is 2.35. The van der Waals surface area contributed by atoms with Crippen molar-refractivity contribution < 1.29 is 4.79 Å². The SMILES string of the molecule is CC(C)N1CC2CCC(C1)N2c1ncc(-c2ccc(C[C@H]3CC[C@H](C(=O)CCS)CC3)cc2)cn1. The first kappa shape index (κ1) is 24.8. The molecule has 2 atom stereocenters. The van der Waals surface area contributed by atoms with Crippen LogP contribution in [-0.4, -0.2) is 57.6 Å². The van der Waals surface area contributed by atoms with Crippen molar-refractivity contribution in [1.29, 1.82) is 0 Å². The smallest absolute Gasteiger partial charge is 0.225 e. The Labute approximate surface area is 216 Å². The molecule has 5 rings (SSSR count). The van der Waals surface area contributed by atoms with E-state index in [1.807, 2.05) is 12.4 Å². The molecule has 6 heteroatoms. The summed E-state index contributed by atoms with van der Waals surface area (Å²) in [7, 11) is 0. The van der Waals surface area contributed by atoms with Crippen LogP contribution in [0, 0.1) is 11.8 Å². The second-order valence-corrected chi connectivity index (χ2v) is 11.6. The second kappa shape index (κ2) is 11.0. The molecule has 1 aromatic carbocycles. The highest BCUT2D eigenvalue weighted by Gasteiger charge is 2.41. The molecule has 3 heterocycles. The molecule has 0 spiro atoms. The van der Waals surface area contributed by atoms with E-state index in [0.717, 1.165) is 56.7 Å². The van der Waals surface area contributed by atoms with E-state index in [1.54, 1.807) is 0 Å². The molecule has 5 nitrogen and oxygen atoms in total. The second-order valence-electron chi connectivity index (χ2n) is 11.2. The molecular weight excluding hydrogens is 452 g/mol. The zero-order valence-electron chi connectivity index (χ0n) is 21.3. The minimum Gasteiger partial charge on any atom is -0.332 e. The minimum absolute atomic E-state index is 0.276. The maximum Gasteiger partial charge on any atom is 0.225 e. The first-order valence-corrected chi connectivity index (χ1v) is 14.2. The van der Waals surface area contributed by atoms with Crippen LogP contribution in [0.2, 0.25) is 0 Å². The molecule has 3 fully saturated rings. The number of hydrogen-bond acceptors (Lipinski definition) is 6. The zero-order chi connectivity index (χ0) is 24.4. The number of fused-ring (bicyclic) bond motifs is 2. The molecule has 2 aromatic rings. The normalized spacial score (nSPS) is 26.9. The number of piperazine rings is 1. The van der Waals surface area contributed by atoms with Gasteiger partial charge in [-0.15, -0.1) is 0 Å². The Kier molecular flexibility index (Phi) is 7.78. The van der Waals surface area contributed by atoms with Crippen LogP contribution < -0.4 is 4.90 Å². The molecule has 3 aliphatic rings. The van der Waals surface area contributed by atoms with E-state index < -0.39 is 0 Å². The lowest BCUT2D eigenvalue weighted by Crippen LogP contribution is -2.56. The van der Waals surface area contributed by atoms with E-state index in [4.69, 9.17) is 9.97 Å². The average molecular weight is 493 g/mol. The summed E-state index contributed by atoms with van der Waals surface area (Å²) in [6.45, 7) is 6.83. The van der Waals surface area contributed by atoms with Crippen LogP contribution in [0.5, 0.6) is 0 Å². The number of hydrogen-bond donors (Lipinski definition) is 1. The number of thiol groups is 1. The van der Waals surface area contributed by atoms with E-state index in [2.05, 4.69) is 60.5 Å². The number of rotatable bonds is 8. The van der Waals surface area contributed by atoms with Gasteiger partial charge in [0.25, 0.3) is 0 Å². The van der Waals surface area contributed by atoms with Crippen molar-refractivity contribution in [1.82, 2.24) is 14.9 Å². The van der Waals surface area contributed by atoms with E-state index in [1.165, 1.54) is 24.0 Å².